The molecular weight excluding hydrogens is 304 g/mol. The van der Waals surface area contributed by atoms with Gasteiger partial charge in [-0.2, -0.15) is 0 Å². The third kappa shape index (κ3) is 4.13. The van der Waals surface area contributed by atoms with Gasteiger partial charge in [-0.05, 0) is 25.3 Å². The molecule has 0 aliphatic carbocycles. The molecule has 2 heterocycles. The predicted octanol–water partition coefficient (Wildman–Crippen LogP) is 2.36. The van der Waals surface area contributed by atoms with E-state index >= 15 is 0 Å². The average molecular weight is 328 g/mol. The van der Waals surface area contributed by atoms with Crippen LogP contribution >= 0.6 is 0 Å². The Kier molecular flexibility index (Phi) is 5.13. The lowest BCUT2D eigenvalue weighted by Crippen LogP contribution is -2.48. The maximum atomic E-state index is 12.3. The van der Waals surface area contributed by atoms with Crippen molar-refractivity contribution in [3.05, 3.63) is 41.3 Å². The normalized spacial score (nSPS) is 14.9. The Morgan fingerprint density at radius 3 is 2.42 bits per heavy atom. The number of nitrogens with zero attached hydrogens (tertiary/aromatic N) is 4. The molecule has 1 saturated heterocycles. The maximum absolute atomic E-state index is 12.3. The molecule has 0 radical (unpaired) electrons. The van der Waals surface area contributed by atoms with Crippen molar-refractivity contribution in [1.29, 1.82) is 0 Å². The Morgan fingerprint density at radius 1 is 1.08 bits per heavy atom. The highest BCUT2D eigenvalue weighted by Crippen LogP contribution is 2.15. The first-order valence-corrected chi connectivity index (χ1v) is 8.50. The molecule has 0 N–H and O–H groups in total. The standard InChI is InChI=1S/C18H24N4O2/c1-14-6-8-16(9-7-14)4-3-5-17(23)21-10-12-22(13-11-21)18-20-19-15(2)24-18/h6-9H,3-5,10-13H2,1-2H3. The minimum absolute atomic E-state index is 0.239. The summed E-state index contributed by atoms with van der Waals surface area (Å²) in [5, 5.41) is 7.89. The molecule has 0 spiro atoms. The summed E-state index contributed by atoms with van der Waals surface area (Å²) in [7, 11) is 0. The molecule has 1 amide bonds. The van der Waals surface area contributed by atoms with E-state index in [1.807, 2.05) is 9.80 Å². The topological polar surface area (TPSA) is 62.5 Å². The van der Waals surface area contributed by atoms with E-state index in [-0.39, 0.29) is 5.91 Å². The van der Waals surface area contributed by atoms with Crippen molar-refractivity contribution in [3.8, 4) is 0 Å². The van der Waals surface area contributed by atoms with Gasteiger partial charge < -0.3 is 14.2 Å². The molecule has 128 valence electrons. The fourth-order valence-corrected chi connectivity index (χ4v) is 2.92. The maximum Gasteiger partial charge on any atom is 0.318 e. The van der Waals surface area contributed by atoms with Crippen molar-refractivity contribution < 1.29 is 9.21 Å². The molecule has 0 unspecified atom stereocenters. The second-order valence-corrected chi connectivity index (χ2v) is 6.31. The summed E-state index contributed by atoms with van der Waals surface area (Å²) in [5.74, 6) is 0.808. The number of hydrogen-bond donors (Lipinski definition) is 0. The van der Waals surface area contributed by atoms with Crippen molar-refractivity contribution in [2.75, 3.05) is 31.1 Å². The average Bonchev–Trinajstić information content (AvgIpc) is 3.03. The third-order valence-corrected chi connectivity index (χ3v) is 4.39. The van der Waals surface area contributed by atoms with Crippen LogP contribution in [0.2, 0.25) is 0 Å². The van der Waals surface area contributed by atoms with E-state index < -0.39 is 0 Å². The van der Waals surface area contributed by atoms with Crippen LogP contribution in [-0.2, 0) is 11.2 Å². The number of hydrogen-bond acceptors (Lipinski definition) is 5. The largest absolute Gasteiger partial charge is 0.408 e. The van der Waals surface area contributed by atoms with E-state index in [4.69, 9.17) is 4.42 Å². The SMILES string of the molecule is Cc1ccc(CCCC(=O)N2CCN(c3nnc(C)o3)CC2)cc1. The van der Waals surface area contributed by atoms with Crippen molar-refractivity contribution in [3.63, 3.8) is 0 Å². The van der Waals surface area contributed by atoms with E-state index in [0.29, 0.717) is 31.4 Å². The third-order valence-electron chi connectivity index (χ3n) is 4.39. The number of piperazine rings is 1. The second-order valence-electron chi connectivity index (χ2n) is 6.31. The Labute approximate surface area is 142 Å². The first-order chi connectivity index (χ1) is 11.6. The van der Waals surface area contributed by atoms with E-state index in [1.54, 1.807) is 6.92 Å². The van der Waals surface area contributed by atoms with Crippen LogP contribution in [0.1, 0.15) is 29.9 Å². The summed E-state index contributed by atoms with van der Waals surface area (Å²) < 4.78 is 5.44. The summed E-state index contributed by atoms with van der Waals surface area (Å²) in [4.78, 5) is 16.3. The van der Waals surface area contributed by atoms with Crippen LogP contribution in [0.25, 0.3) is 0 Å². The number of aromatic nitrogens is 2. The van der Waals surface area contributed by atoms with Crippen LogP contribution in [0, 0.1) is 13.8 Å². The van der Waals surface area contributed by atoms with Crippen LogP contribution < -0.4 is 4.90 Å². The number of aryl methyl sites for hydroxylation is 3. The molecular formula is C18H24N4O2. The van der Waals surface area contributed by atoms with Gasteiger partial charge in [-0.25, -0.2) is 0 Å². The van der Waals surface area contributed by atoms with Crippen molar-refractivity contribution >= 4 is 11.9 Å². The van der Waals surface area contributed by atoms with Gasteiger partial charge in [0.25, 0.3) is 0 Å². The minimum atomic E-state index is 0.239. The van der Waals surface area contributed by atoms with Gasteiger partial charge in [0.1, 0.15) is 0 Å². The minimum Gasteiger partial charge on any atom is -0.408 e. The fourth-order valence-electron chi connectivity index (χ4n) is 2.92. The van der Waals surface area contributed by atoms with Crippen LogP contribution in [-0.4, -0.2) is 47.2 Å². The Balaban J connectivity index is 1.41. The van der Waals surface area contributed by atoms with Crippen LogP contribution in [0.15, 0.2) is 28.7 Å². The van der Waals surface area contributed by atoms with Crippen LogP contribution in [0.3, 0.4) is 0 Å². The van der Waals surface area contributed by atoms with Crippen molar-refractivity contribution in [2.24, 2.45) is 0 Å². The number of carbonyl (C=O) groups excluding carboxylic acids is 1. The smallest absolute Gasteiger partial charge is 0.318 e. The molecule has 1 aromatic heterocycles. The first kappa shape index (κ1) is 16.5. The summed E-state index contributed by atoms with van der Waals surface area (Å²) in [6.45, 7) is 6.78. The lowest BCUT2D eigenvalue weighted by atomic mass is 10.1. The summed E-state index contributed by atoms with van der Waals surface area (Å²) in [6, 6.07) is 9.08. The van der Waals surface area contributed by atoms with Crippen LogP contribution in [0.5, 0.6) is 0 Å². The number of rotatable bonds is 5. The number of anilines is 1. The molecule has 24 heavy (non-hydrogen) atoms. The molecule has 0 saturated carbocycles. The molecule has 1 aliphatic rings. The zero-order valence-electron chi connectivity index (χ0n) is 14.4. The summed E-state index contributed by atoms with van der Waals surface area (Å²) in [6.07, 6.45) is 2.45. The van der Waals surface area contributed by atoms with Gasteiger partial charge in [0.2, 0.25) is 11.8 Å². The highest BCUT2D eigenvalue weighted by molar-refractivity contribution is 5.76. The lowest BCUT2D eigenvalue weighted by molar-refractivity contribution is -0.131. The monoisotopic (exact) mass is 328 g/mol. The van der Waals surface area contributed by atoms with Gasteiger partial charge in [0, 0.05) is 39.5 Å². The van der Waals surface area contributed by atoms with E-state index in [2.05, 4.69) is 41.4 Å². The summed E-state index contributed by atoms with van der Waals surface area (Å²) in [5.41, 5.74) is 2.56. The van der Waals surface area contributed by atoms with Gasteiger partial charge in [-0.15, -0.1) is 5.10 Å². The van der Waals surface area contributed by atoms with Gasteiger partial charge >= 0.3 is 6.01 Å². The molecule has 6 nitrogen and oxygen atoms in total. The lowest BCUT2D eigenvalue weighted by Gasteiger charge is -2.33. The number of amides is 1. The highest BCUT2D eigenvalue weighted by atomic mass is 16.4. The van der Waals surface area contributed by atoms with Gasteiger partial charge in [0.15, 0.2) is 0 Å². The number of benzene rings is 1. The number of carbonyl (C=O) groups is 1. The van der Waals surface area contributed by atoms with Gasteiger partial charge in [0.05, 0.1) is 0 Å². The van der Waals surface area contributed by atoms with E-state index in [9.17, 15) is 4.79 Å². The van der Waals surface area contributed by atoms with E-state index in [1.165, 1.54) is 11.1 Å². The van der Waals surface area contributed by atoms with Gasteiger partial charge in [-0.3, -0.25) is 4.79 Å². The highest BCUT2D eigenvalue weighted by Gasteiger charge is 2.23. The Hall–Kier alpha value is -2.37. The molecule has 2 aromatic rings. The Morgan fingerprint density at radius 2 is 1.79 bits per heavy atom. The molecule has 1 aliphatic heterocycles. The summed E-state index contributed by atoms with van der Waals surface area (Å²) >= 11 is 0. The molecule has 1 aromatic carbocycles. The fraction of sp³-hybridized carbons (Fsp3) is 0.500. The zero-order valence-corrected chi connectivity index (χ0v) is 14.4. The molecule has 6 heteroatoms. The van der Waals surface area contributed by atoms with Crippen molar-refractivity contribution in [2.45, 2.75) is 33.1 Å². The van der Waals surface area contributed by atoms with Gasteiger partial charge in [-0.1, -0.05) is 34.9 Å². The molecule has 1 fully saturated rings. The van der Waals surface area contributed by atoms with E-state index in [0.717, 1.165) is 25.9 Å². The quantitative estimate of drug-likeness (QED) is 0.843. The first-order valence-electron chi connectivity index (χ1n) is 8.50. The van der Waals surface area contributed by atoms with Crippen LogP contribution in [0.4, 0.5) is 6.01 Å². The van der Waals surface area contributed by atoms with Crippen molar-refractivity contribution in [1.82, 2.24) is 15.1 Å². The molecule has 0 atom stereocenters. The predicted molar refractivity (Wildman–Crippen MR) is 91.9 cm³/mol. The molecule has 3 rings (SSSR count). The second kappa shape index (κ2) is 7.47. The Bertz CT molecular complexity index is 673. The zero-order chi connectivity index (χ0) is 16.9. The molecule has 0 bridgehead atoms.